The minimum Gasteiger partial charge on any atom is -0.322 e. The molecule has 2 aromatic carbocycles. The number of carbonyl (C=O) groups is 2. The van der Waals surface area contributed by atoms with Gasteiger partial charge in [-0.3, -0.25) is 14.6 Å². The zero-order valence-corrected chi connectivity index (χ0v) is 16.2. The summed E-state index contributed by atoms with van der Waals surface area (Å²) in [7, 11) is 0. The molecule has 1 aromatic heterocycles. The summed E-state index contributed by atoms with van der Waals surface area (Å²) in [5, 5.41) is 5.72. The fourth-order valence-corrected chi connectivity index (χ4v) is 2.78. The molecule has 0 unspecified atom stereocenters. The van der Waals surface area contributed by atoms with Crippen molar-refractivity contribution in [3.8, 4) is 0 Å². The van der Waals surface area contributed by atoms with Gasteiger partial charge in [-0.05, 0) is 61.2 Å². The van der Waals surface area contributed by atoms with Gasteiger partial charge in [-0.15, -0.1) is 0 Å². The summed E-state index contributed by atoms with van der Waals surface area (Å²) in [5.74, 6) is -0.610. The lowest BCUT2D eigenvalue weighted by Gasteiger charge is -2.10. The van der Waals surface area contributed by atoms with Gasteiger partial charge in [0.05, 0.1) is 11.1 Å². The van der Waals surface area contributed by atoms with E-state index in [1.807, 2.05) is 56.3 Å². The van der Waals surface area contributed by atoms with Gasteiger partial charge in [-0.25, -0.2) is 0 Å². The van der Waals surface area contributed by atoms with E-state index in [0.717, 1.165) is 23.2 Å². The van der Waals surface area contributed by atoms with Crippen molar-refractivity contribution in [2.45, 2.75) is 27.2 Å². The standard InChI is InChI=1S/C23H23N3O2/c1-4-17-7-9-20(10-8-17)25-22(27)18-12-19(14-24-13-18)23(28)26-21-11-15(2)5-6-16(21)3/h5-14H,4H2,1-3H3,(H,25,27)(H,26,28). The van der Waals surface area contributed by atoms with E-state index in [1.165, 1.54) is 18.0 Å². The van der Waals surface area contributed by atoms with Crippen molar-refractivity contribution in [2.75, 3.05) is 10.6 Å². The van der Waals surface area contributed by atoms with Crippen LogP contribution >= 0.6 is 0 Å². The predicted octanol–water partition coefficient (Wildman–Crippen LogP) is 4.77. The van der Waals surface area contributed by atoms with Crippen LogP contribution in [0.25, 0.3) is 0 Å². The molecule has 142 valence electrons. The van der Waals surface area contributed by atoms with Gasteiger partial charge in [0, 0.05) is 23.8 Å². The molecule has 5 nitrogen and oxygen atoms in total. The van der Waals surface area contributed by atoms with Crippen molar-refractivity contribution < 1.29 is 9.59 Å². The van der Waals surface area contributed by atoms with Gasteiger partial charge in [0.25, 0.3) is 11.8 Å². The number of hydrogen-bond acceptors (Lipinski definition) is 3. The smallest absolute Gasteiger partial charge is 0.257 e. The molecule has 0 bridgehead atoms. The fraction of sp³-hybridized carbons (Fsp3) is 0.174. The first-order valence-corrected chi connectivity index (χ1v) is 9.20. The van der Waals surface area contributed by atoms with Crippen LogP contribution in [-0.4, -0.2) is 16.8 Å². The third-order valence-electron chi connectivity index (χ3n) is 4.52. The Hall–Kier alpha value is -3.47. The molecule has 5 heteroatoms. The maximum absolute atomic E-state index is 12.6. The normalized spacial score (nSPS) is 10.4. The third-order valence-corrected chi connectivity index (χ3v) is 4.52. The van der Waals surface area contributed by atoms with Crippen LogP contribution < -0.4 is 10.6 Å². The number of benzene rings is 2. The van der Waals surface area contributed by atoms with Gasteiger partial charge < -0.3 is 10.6 Å². The molecule has 3 rings (SSSR count). The fourth-order valence-electron chi connectivity index (χ4n) is 2.78. The highest BCUT2D eigenvalue weighted by atomic mass is 16.2. The lowest BCUT2D eigenvalue weighted by molar-refractivity contribution is 0.102. The van der Waals surface area contributed by atoms with Crippen LogP contribution in [0.15, 0.2) is 60.9 Å². The highest BCUT2D eigenvalue weighted by Gasteiger charge is 2.13. The van der Waals surface area contributed by atoms with Crippen molar-refractivity contribution in [3.05, 3.63) is 88.7 Å². The molecule has 0 saturated heterocycles. The van der Waals surface area contributed by atoms with Crippen molar-refractivity contribution in [1.29, 1.82) is 0 Å². The number of amides is 2. The number of pyridine rings is 1. The summed E-state index contributed by atoms with van der Waals surface area (Å²) >= 11 is 0. The molecule has 0 radical (unpaired) electrons. The van der Waals surface area contributed by atoms with E-state index in [9.17, 15) is 9.59 Å². The number of aromatic nitrogens is 1. The zero-order valence-electron chi connectivity index (χ0n) is 16.2. The van der Waals surface area contributed by atoms with Gasteiger partial charge in [-0.2, -0.15) is 0 Å². The van der Waals surface area contributed by atoms with E-state index >= 15 is 0 Å². The summed E-state index contributed by atoms with van der Waals surface area (Å²) in [6.45, 7) is 5.98. The second-order valence-corrected chi connectivity index (χ2v) is 6.74. The van der Waals surface area contributed by atoms with Crippen molar-refractivity contribution in [1.82, 2.24) is 4.98 Å². The zero-order chi connectivity index (χ0) is 20.1. The summed E-state index contributed by atoms with van der Waals surface area (Å²) in [5.41, 5.74) is 5.33. The maximum Gasteiger partial charge on any atom is 0.257 e. The highest BCUT2D eigenvalue weighted by Crippen LogP contribution is 2.18. The molecule has 0 spiro atoms. The first-order chi connectivity index (χ1) is 13.5. The largest absolute Gasteiger partial charge is 0.322 e. The molecule has 2 amide bonds. The van der Waals surface area contributed by atoms with E-state index in [1.54, 1.807) is 6.07 Å². The summed E-state index contributed by atoms with van der Waals surface area (Å²) in [6.07, 6.45) is 3.84. The Morgan fingerprint density at radius 3 is 2.14 bits per heavy atom. The molecular weight excluding hydrogens is 350 g/mol. The lowest BCUT2D eigenvalue weighted by Crippen LogP contribution is -2.16. The number of rotatable bonds is 5. The molecule has 0 aliphatic heterocycles. The second kappa shape index (κ2) is 8.48. The van der Waals surface area contributed by atoms with E-state index in [0.29, 0.717) is 16.8 Å². The highest BCUT2D eigenvalue weighted by molar-refractivity contribution is 6.08. The monoisotopic (exact) mass is 373 g/mol. The van der Waals surface area contributed by atoms with E-state index in [2.05, 4.69) is 22.5 Å². The van der Waals surface area contributed by atoms with Gasteiger partial charge in [0.2, 0.25) is 0 Å². The van der Waals surface area contributed by atoms with Crippen molar-refractivity contribution in [3.63, 3.8) is 0 Å². The molecular formula is C23H23N3O2. The minimum atomic E-state index is -0.307. The Labute approximate surface area is 164 Å². The number of nitrogens with zero attached hydrogens (tertiary/aromatic N) is 1. The number of hydrogen-bond donors (Lipinski definition) is 2. The lowest BCUT2D eigenvalue weighted by atomic mass is 10.1. The van der Waals surface area contributed by atoms with Crippen LogP contribution in [0.1, 0.15) is 44.3 Å². The van der Waals surface area contributed by atoms with E-state index < -0.39 is 0 Å². The molecule has 0 aliphatic rings. The molecule has 0 saturated carbocycles. The van der Waals surface area contributed by atoms with Crippen molar-refractivity contribution in [2.24, 2.45) is 0 Å². The summed E-state index contributed by atoms with van der Waals surface area (Å²) < 4.78 is 0. The Morgan fingerprint density at radius 1 is 0.857 bits per heavy atom. The van der Waals surface area contributed by atoms with E-state index in [-0.39, 0.29) is 11.8 Å². The maximum atomic E-state index is 12.6. The average molecular weight is 373 g/mol. The Balaban J connectivity index is 1.74. The predicted molar refractivity (Wildman–Crippen MR) is 112 cm³/mol. The molecule has 0 fully saturated rings. The molecule has 0 atom stereocenters. The van der Waals surface area contributed by atoms with Crippen LogP contribution in [0.3, 0.4) is 0 Å². The molecule has 28 heavy (non-hydrogen) atoms. The number of carbonyl (C=O) groups excluding carboxylic acids is 2. The van der Waals surface area contributed by atoms with Crippen molar-refractivity contribution >= 4 is 23.2 Å². The third kappa shape index (κ3) is 4.62. The SMILES string of the molecule is CCc1ccc(NC(=O)c2cncc(C(=O)Nc3cc(C)ccc3C)c2)cc1. The number of aryl methyl sites for hydroxylation is 3. The van der Waals surface area contributed by atoms with Gasteiger partial charge >= 0.3 is 0 Å². The van der Waals surface area contributed by atoms with Gasteiger partial charge in [0.1, 0.15) is 0 Å². The molecule has 1 heterocycles. The number of nitrogens with one attached hydrogen (secondary N) is 2. The average Bonchev–Trinajstić information content (AvgIpc) is 2.71. The second-order valence-electron chi connectivity index (χ2n) is 6.74. The first kappa shape index (κ1) is 19.3. The topological polar surface area (TPSA) is 71.1 Å². The summed E-state index contributed by atoms with van der Waals surface area (Å²) in [6, 6.07) is 15.1. The molecule has 0 aliphatic carbocycles. The first-order valence-electron chi connectivity index (χ1n) is 9.20. The van der Waals surface area contributed by atoms with E-state index in [4.69, 9.17) is 0 Å². The quantitative estimate of drug-likeness (QED) is 0.677. The Kier molecular flexibility index (Phi) is 5.84. The van der Waals surface area contributed by atoms with Crippen LogP contribution in [-0.2, 0) is 6.42 Å². The summed E-state index contributed by atoms with van der Waals surface area (Å²) in [4.78, 5) is 29.2. The molecule has 3 aromatic rings. The van der Waals surface area contributed by atoms with Crippen LogP contribution in [0.2, 0.25) is 0 Å². The molecule has 2 N–H and O–H groups in total. The van der Waals surface area contributed by atoms with Crippen LogP contribution in [0, 0.1) is 13.8 Å². The Bertz CT molecular complexity index is 1010. The van der Waals surface area contributed by atoms with Crippen LogP contribution in [0.4, 0.5) is 11.4 Å². The minimum absolute atomic E-state index is 0.303. The van der Waals surface area contributed by atoms with Crippen LogP contribution in [0.5, 0.6) is 0 Å². The number of anilines is 2. The Morgan fingerprint density at radius 2 is 1.50 bits per heavy atom. The van der Waals surface area contributed by atoms with Gasteiger partial charge in [0.15, 0.2) is 0 Å². The van der Waals surface area contributed by atoms with Gasteiger partial charge in [-0.1, -0.05) is 31.2 Å².